The Morgan fingerprint density at radius 2 is 2.17 bits per heavy atom. The van der Waals surface area contributed by atoms with Crippen LogP contribution in [-0.2, 0) is 17.7 Å². The van der Waals surface area contributed by atoms with Gasteiger partial charge in [-0.1, -0.05) is 12.1 Å². The van der Waals surface area contributed by atoms with Gasteiger partial charge in [-0.05, 0) is 48.1 Å². The maximum absolute atomic E-state index is 12.5. The Hall–Kier alpha value is -2.34. The third kappa shape index (κ3) is 3.53. The van der Waals surface area contributed by atoms with E-state index in [1.165, 1.54) is 16.9 Å². The van der Waals surface area contributed by atoms with Gasteiger partial charge in [0.15, 0.2) is 0 Å². The second-order valence-corrected chi connectivity index (χ2v) is 6.23. The Morgan fingerprint density at radius 1 is 1.30 bits per heavy atom. The number of rotatable bonds is 3. The Morgan fingerprint density at radius 3 is 2.91 bits per heavy atom. The highest BCUT2D eigenvalue weighted by molar-refractivity contribution is 7.12. The molecule has 1 aromatic carbocycles. The van der Waals surface area contributed by atoms with Crippen molar-refractivity contribution in [3.05, 3.63) is 51.7 Å². The van der Waals surface area contributed by atoms with Crippen molar-refractivity contribution in [1.82, 2.24) is 4.90 Å². The molecule has 23 heavy (non-hydrogen) atoms. The predicted octanol–water partition coefficient (Wildman–Crippen LogP) is 3.52. The lowest BCUT2D eigenvalue weighted by atomic mass is 9.99. The standard InChI is InChI=1S/C17H18N2O3S/c1-2-22-17(21)18-14-6-5-12-7-8-19(11-13(12)10-14)16(20)15-4-3-9-23-15/h3-6,9-10H,2,7-8,11H2,1H3,(H,18,21). The van der Waals surface area contributed by atoms with Crippen LogP contribution in [-0.4, -0.2) is 30.1 Å². The minimum Gasteiger partial charge on any atom is -0.450 e. The number of benzene rings is 1. The van der Waals surface area contributed by atoms with E-state index in [-0.39, 0.29) is 5.91 Å². The highest BCUT2D eigenvalue weighted by Gasteiger charge is 2.22. The van der Waals surface area contributed by atoms with E-state index in [0.717, 1.165) is 16.9 Å². The first kappa shape index (κ1) is 15.6. The number of thiophene rings is 1. The number of carbonyl (C=O) groups excluding carboxylic acids is 2. The zero-order valence-corrected chi connectivity index (χ0v) is 13.7. The quantitative estimate of drug-likeness (QED) is 0.937. The van der Waals surface area contributed by atoms with Gasteiger partial charge in [0.25, 0.3) is 5.91 Å². The van der Waals surface area contributed by atoms with Crippen molar-refractivity contribution < 1.29 is 14.3 Å². The molecule has 0 aliphatic carbocycles. The summed E-state index contributed by atoms with van der Waals surface area (Å²) in [6, 6.07) is 9.52. The number of ether oxygens (including phenoxy) is 1. The van der Waals surface area contributed by atoms with Gasteiger partial charge in [0.05, 0.1) is 11.5 Å². The van der Waals surface area contributed by atoms with Gasteiger partial charge in [-0.2, -0.15) is 0 Å². The zero-order valence-electron chi connectivity index (χ0n) is 12.9. The second-order valence-electron chi connectivity index (χ2n) is 5.28. The van der Waals surface area contributed by atoms with Gasteiger partial charge in [0.2, 0.25) is 0 Å². The fourth-order valence-electron chi connectivity index (χ4n) is 2.65. The van der Waals surface area contributed by atoms with Crippen LogP contribution in [0.5, 0.6) is 0 Å². The molecule has 0 radical (unpaired) electrons. The van der Waals surface area contributed by atoms with Crippen LogP contribution in [0.4, 0.5) is 10.5 Å². The topological polar surface area (TPSA) is 58.6 Å². The molecule has 0 spiro atoms. The van der Waals surface area contributed by atoms with E-state index in [9.17, 15) is 9.59 Å². The highest BCUT2D eigenvalue weighted by atomic mass is 32.1. The molecule has 0 fully saturated rings. The van der Waals surface area contributed by atoms with Gasteiger partial charge in [0, 0.05) is 18.8 Å². The van der Waals surface area contributed by atoms with E-state index < -0.39 is 6.09 Å². The normalized spacial score (nSPS) is 13.3. The molecule has 120 valence electrons. The highest BCUT2D eigenvalue weighted by Crippen LogP contribution is 2.24. The van der Waals surface area contributed by atoms with Crippen LogP contribution in [0.1, 0.15) is 27.7 Å². The summed E-state index contributed by atoms with van der Waals surface area (Å²) in [5.41, 5.74) is 2.97. The smallest absolute Gasteiger partial charge is 0.411 e. The van der Waals surface area contributed by atoms with E-state index in [4.69, 9.17) is 4.74 Å². The Bertz CT molecular complexity index is 713. The maximum atomic E-state index is 12.5. The predicted molar refractivity (Wildman–Crippen MR) is 89.9 cm³/mol. The van der Waals surface area contributed by atoms with Crippen LogP contribution in [0.3, 0.4) is 0 Å². The zero-order chi connectivity index (χ0) is 16.2. The number of anilines is 1. The monoisotopic (exact) mass is 330 g/mol. The van der Waals surface area contributed by atoms with E-state index in [1.54, 1.807) is 6.92 Å². The van der Waals surface area contributed by atoms with Crippen LogP contribution < -0.4 is 5.32 Å². The molecule has 3 rings (SSSR count). The van der Waals surface area contributed by atoms with E-state index in [1.807, 2.05) is 40.6 Å². The number of carbonyl (C=O) groups is 2. The Balaban J connectivity index is 1.74. The minimum atomic E-state index is -0.463. The van der Waals surface area contributed by atoms with Gasteiger partial charge in [-0.15, -0.1) is 11.3 Å². The molecule has 2 amide bonds. The van der Waals surface area contributed by atoms with Crippen molar-refractivity contribution in [3.63, 3.8) is 0 Å². The average Bonchev–Trinajstić information content (AvgIpc) is 3.08. The summed E-state index contributed by atoms with van der Waals surface area (Å²) >= 11 is 1.46. The summed E-state index contributed by atoms with van der Waals surface area (Å²) in [7, 11) is 0. The molecule has 0 saturated heterocycles. The number of hydrogen-bond donors (Lipinski definition) is 1. The maximum Gasteiger partial charge on any atom is 0.411 e. The molecule has 0 bridgehead atoms. The van der Waals surface area contributed by atoms with Gasteiger partial charge in [-0.25, -0.2) is 4.79 Å². The van der Waals surface area contributed by atoms with Crippen LogP contribution in [0.2, 0.25) is 0 Å². The van der Waals surface area contributed by atoms with Gasteiger partial charge >= 0.3 is 6.09 Å². The van der Waals surface area contributed by atoms with Gasteiger partial charge < -0.3 is 9.64 Å². The fraction of sp³-hybridized carbons (Fsp3) is 0.294. The molecule has 1 N–H and O–H groups in total. The summed E-state index contributed by atoms with van der Waals surface area (Å²) in [4.78, 5) is 26.6. The van der Waals surface area contributed by atoms with E-state index in [0.29, 0.717) is 25.4 Å². The van der Waals surface area contributed by atoms with Crippen LogP contribution in [0, 0.1) is 0 Å². The van der Waals surface area contributed by atoms with Crippen molar-refractivity contribution in [3.8, 4) is 0 Å². The van der Waals surface area contributed by atoms with Crippen LogP contribution in [0.15, 0.2) is 35.7 Å². The summed E-state index contributed by atoms with van der Waals surface area (Å²) in [5.74, 6) is 0.0643. The number of nitrogens with zero attached hydrogens (tertiary/aromatic N) is 1. The summed E-state index contributed by atoms with van der Waals surface area (Å²) in [6.45, 7) is 3.37. The van der Waals surface area contributed by atoms with Crippen molar-refractivity contribution in [2.45, 2.75) is 19.9 Å². The molecule has 6 heteroatoms. The fourth-order valence-corrected chi connectivity index (χ4v) is 3.34. The first-order valence-corrected chi connectivity index (χ1v) is 8.43. The van der Waals surface area contributed by atoms with E-state index in [2.05, 4.69) is 5.32 Å². The molecule has 0 unspecified atom stereocenters. The average molecular weight is 330 g/mol. The summed E-state index contributed by atoms with van der Waals surface area (Å²) in [5, 5.41) is 4.61. The van der Waals surface area contributed by atoms with Gasteiger partial charge in [0.1, 0.15) is 0 Å². The number of amides is 2. The molecule has 2 aromatic rings. The van der Waals surface area contributed by atoms with Crippen LogP contribution in [0.25, 0.3) is 0 Å². The molecule has 1 aliphatic heterocycles. The van der Waals surface area contributed by atoms with Crippen molar-refractivity contribution in [1.29, 1.82) is 0 Å². The number of nitrogens with one attached hydrogen (secondary N) is 1. The third-order valence-electron chi connectivity index (χ3n) is 3.76. The van der Waals surface area contributed by atoms with Crippen molar-refractivity contribution in [2.24, 2.45) is 0 Å². The largest absolute Gasteiger partial charge is 0.450 e. The van der Waals surface area contributed by atoms with Gasteiger partial charge in [-0.3, -0.25) is 10.1 Å². The molecule has 1 aromatic heterocycles. The minimum absolute atomic E-state index is 0.0643. The van der Waals surface area contributed by atoms with Crippen molar-refractivity contribution >= 4 is 29.0 Å². The SMILES string of the molecule is CCOC(=O)Nc1ccc2c(c1)CN(C(=O)c1cccs1)CC2. The summed E-state index contributed by atoms with van der Waals surface area (Å²) in [6.07, 6.45) is 0.362. The van der Waals surface area contributed by atoms with Crippen molar-refractivity contribution in [2.75, 3.05) is 18.5 Å². The lowest BCUT2D eigenvalue weighted by molar-refractivity contribution is 0.0739. The molecular formula is C17H18N2O3S. The van der Waals surface area contributed by atoms with E-state index >= 15 is 0 Å². The summed E-state index contributed by atoms with van der Waals surface area (Å²) < 4.78 is 4.88. The molecule has 0 atom stereocenters. The second kappa shape index (κ2) is 6.83. The molecular weight excluding hydrogens is 312 g/mol. The number of fused-ring (bicyclic) bond motifs is 1. The number of hydrogen-bond acceptors (Lipinski definition) is 4. The molecule has 5 nitrogen and oxygen atoms in total. The molecule has 2 heterocycles. The van der Waals surface area contributed by atoms with Crippen LogP contribution >= 0.6 is 11.3 Å². The lowest BCUT2D eigenvalue weighted by Gasteiger charge is -2.29. The third-order valence-corrected chi connectivity index (χ3v) is 4.62. The Kier molecular flexibility index (Phi) is 4.62. The molecule has 1 aliphatic rings. The lowest BCUT2D eigenvalue weighted by Crippen LogP contribution is -2.35. The first-order valence-electron chi connectivity index (χ1n) is 7.55. The first-order chi connectivity index (χ1) is 11.2. The molecule has 0 saturated carbocycles. The Labute approximate surface area is 138 Å².